The molecule has 0 saturated carbocycles. The Hall–Kier alpha value is -2.45. The third-order valence-corrected chi connectivity index (χ3v) is 5.35. The Labute approximate surface area is 145 Å². The van der Waals surface area contributed by atoms with Crippen molar-refractivity contribution in [3.8, 4) is 5.75 Å². The summed E-state index contributed by atoms with van der Waals surface area (Å²) in [5.41, 5.74) is 1.29. The lowest BCUT2D eigenvalue weighted by atomic mass is 10.2. The number of aryl methyl sites for hydroxylation is 1. The molecule has 2 rings (SSSR count). The number of nitrogens with zero attached hydrogens (tertiary/aromatic N) is 1. The molecule has 0 atom stereocenters. The summed E-state index contributed by atoms with van der Waals surface area (Å²) >= 11 is 0. The van der Waals surface area contributed by atoms with Crippen LogP contribution in [0.25, 0.3) is 0 Å². The van der Waals surface area contributed by atoms with Crippen LogP contribution < -0.4 is 4.74 Å². The van der Waals surface area contributed by atoms with Crippen molar-refractivity contribution in [2.24, 2.45) is 0 Å². The predicted octanol–water partition coefficient (Wildman–Crippen LogP) is 2.42. The first kappa shape index (κ1) is 18.9. The second-order valence-electron chi connectivity index (χ2n) is 5.45. The van der Waals surface area contributed by atoms with Gasteiger partial charge in [-0.05, 0) is 36.8 Å². The molecule has 8 heteroatoms. The fourth-order valence-electron chi connectivity index (χ4n) is 2.24. The van der Waals surface area contributed by atoms with E-state index in [0.717, 1.165) is 15.9 Å². The van der Waals surface area contributed by atoms with Crippen molar-refractivity contribution >= 4 is 16.0 Å². The number of carboxylic acid groups (broad SMARTS) is 1. The van der Waals surface area contributed by atoms with Gasteiger partial charge in [-0.25, -0.2) is 12.8 Å². The van der Waals surface area contributed by atoms with E-state index >= 15 is 0 Å². The lowest BCUT2D eigenvalue weighted by Crippen LogP contribution is -2.35. The second-order valence-corrected chi connectivity index (χ2v) is 7.39. The minimum absolute atomic E-state index is 0.00609. The quantitative estimate of drug-likeness (QED) is 0.812. The number of carboxylic acids is 1. The Balaban J connectivity index is 2.38. The van der Waals surface area contributed by atoms with Crippen molar-refractivity contribution in [3.05, 3.63) is 59.4 Å². The molecule has 0 saturated heterocycles. The van der Waals surface area contributed by atoms with Crippen molar-refractivity contribution in [2.45, 2.75) is 18.4 Å². The number of rotatable bonds is 7. The Morgan fingerprint density at radius 1 is 1.20 bits per heavy atom. The van der Waals surface area contributed by atoms with Crippen LogP contribution in [0, 0.1) is 12.7 Å². The van der Waals surface area contributed by atoms with Gasteiger partial charge in [0.15, 0.2) is 11.6 Å². The van der Waals surface area contributed by atoms with Crippen molar-refractivity contribution in [3.63, 3.8) is 0 Å². The first-order valence-corrected chi connectivity index (χ1v) is 8.79. The zero-order chi connectivity index (χ0) is 18.6. The van der Waals surface area contributed by atoms with Crippen LogP contribution in [0.3, 0.4) is 0 Å². The SMILES string of the molecule is COc1cc(CN(CC(=O)O)S(=O)(=O)c2ccc(C)cc2)ccc1F. The van der Waals surface area contributed by atoms with E-state index in [-0.39, 0.29) is 17.2 Å². The van der Waals surface area contributed by atoms with E-state index < -0.39 is 28.4 Å². The van der Waals surface area contributed by atoms with Gasteiger partial charge in [0.05, 0.1) is 12.0 Å². The van der Waals surface area contributed by atoms with Gasteiger partial charge in [0.25, 0.3) is 0 Å². The number of ether oxygens (including phenoxy) is 1. The van der Waals surface area contributed by atoms with Crippen LogP contribution in [0.1, 0.15) is 11.1 Å². The average Bonchev–Trinajstić information content (AvgIpc) is 2.56. The molecule has 0 bridgehead atoms. The summed E-state index contributed by atoms with van der Waals surface area (Å²) in [5.74, 6) is -1.91. The molecular weight excluding hydrogens is 349 g/mol. The van der Waals surface area contributed by atoms with E-state index in [1.165, 1.54) is 31.4 Å². The van der Waals surface area contributed by atoms with Crippen LogP contribution in [0.5, 0.6) is 5.75 Å². The highest BCUT2D eigenvalue weighted by Gasteiger charge is 2.27. The van der Waals surface area contributed by atoms with Gasteiger partial charge < -0.3 is 9.84 Å². The minimum atomic E-state index is -4.02. The van der Waals surface area contributed by atoms with E-state index in [9.17, 15) is 17.6 Å². The molecule has 2 aromatic rings. The molecule has 0 aliphatic rings. The molecule has 0 aliphatic heterocycles. The van der Waals surface area contributed by atoms with Crippen molar-refractivity contribution < 1.29 is 27.4 Å². The first-order valence-electron chi connectivity index (χ1n) is 7.35. The minimum Gasteiger partial charge on any atom is -0.494 e. The fraction of sp³-hybridized carbons (Fsp3) is 0.235. The van der Waals surface area contributed by atoms with E-state index in [0.29, 0.717) is 5.56 Å². The van der Waals surface area contributed by atoms with E-state index in [4.69, 9.17) is 9.84 Å². The Morgan fingerprint density at radius 3 is 2.40 bits per heavy atom. The molecule has 25 heavy (non-hydrogen) atoms. The van der Waals surface area contributed by atoms with Crippen LogP contribution in [-0.2, 0) is 21.4 Å². The van der Waals surface area contributed by atoms with Crippen LogP contribution in [-0.4, -0.2) is 37.5 Å². The van der Waals surface area contributed by atoms with Gasteiger partial charge in [0, 0.05) is 6.54 Å². The molecule has 0 spiro atoms. The second kappa shape index (κ2) is 7.62. The van der Waals surface area contributed by atoms with Crippen molar-refractivity contribution in [2.75, 3.05) is 13.7 Å². The molecule has 6 nitrogen and oxygen atoms in total. The van der Waals surface area contributed by atoms with Crippen LogP contribution in [0.2, 0.25) is 0 Å². The van der Waals surface area contributed by atoms with Crippen molar-refractivity contribution in [1.29, 1.82) is 0 Å². The maximum Gasteiger partial charge on any atom is 0.318 e. The maximum absolute atomic E-state index is 13.5. The molecule has 0 fully saturated rings. The number of hydrogen-bond acceptors (Lipinski definition) is 4. The predicted molar refractivity (Wildman–Crippen MR) is 89.4 cm³/mol. The molecule has 1 N–H and O–H groups in total. The molecule has 0 aliphatic carbocycles. The standard InChI is InChI=1S/C17H18FNO5S/c1-12-3-6-14(7-4-12)25(22,23)19(11-17(20)21)10-13-5-8-15(18)16(9-13)24-2/h3-9H,10-11H2,1-2H3,(H,20,21). The van der Waals surface area contributed by atoms with Crippen molar-refractivity contribution in [1.82, 2.24) is 4.31 Å². The average molecular weight is 367 g/mol. The number of aliphatic carboxylic acids is 1. The molecule has 0 unspecified atom stereocenters. The van der Waals surface area contributed by atoms with Crippen LogP contribution >= 0.6 is 0 Å². The zero-order valence-corrected chi connectivity index (χ0v) is 14.6. The first-order chi connectivity index (χ1) is 11.7. The summed E-state index contributed by atoms with van der Waals surface area (Å²) in [4.78, 5) is 11.1. The third-order valence-electron chi connectivity index (χ3n) is 3.54. The molecule has 0 aromatic heterocycles. The fourth-order valence-corrected chi connectivity index (χ4v) is 3.62. The molecular formula is C17H18FNO5S. The summed E-state index contributed by atoms with van der Waals surface area (Å²) < 4.78 is 44.7. The third kappa shape index (κ3) is 4.55. The van der Waals surface area contributed by atoms with Gasteiger partial charge >= 0.3 is 5.97 Å². The van der Waals surface area contributed by atoms with Gasteiger partial charge in [0.2, 0.25) is 10.0 Å². The van der Waals surface area contributed by atoms with Gasteiger partial charge in [-0.15, -0.1) is 0 Å². The molecule has 2 aromatic carbocycles. The Morgan fingerprint density at radius 2 is 1.84 bits per heavy atom. The summed E-state index contributed by atoms with van der Waals surface area (Å²) in [6.07, 6.45) is 0. The van der Waals surface area contributed by atoms with Gasteiger partial charge in [0.1, 0.15) is 6.54 Å². The van der Waals surface area contributed by atoms with E-state index in [1.807, 2.05) is 6.92 Å². The van der Waals surface area contributed by atoms with Crippen LogP contribution in [0.15, 0.2) is 47.4 Å². The lowest BCUT2D eigenvalue weighted by Gasteiger charge is -2.21. The number of hydrogen-bond donors (Lipinski definition) is 1. The number of sulfonamides is 1. The van der Waals surface area contributed by atoms with Gasteiger partial charge in [-0.3, -0.25) is 4.79 Å². The highest BCUT2D eigenvalue weighted by Crippen LogP contribution is 2.22. The summed E-state index contributed by atoms with van der Waals surface area (Å²) in [6.45, 7) is 0.880. The zero-order valence-electron chi connectivity index (χ0n) is 13.8. The summed E-state index contributed by atoms with van der Waals surface area (Å²) in [5, 5.41) is 9.07. The number of benzene rings is 2. The molecule has 0 amide bonds. The molecule has 0 radical (unpaired) electrons. The lowest BCUT2D eigenvalue weighted by molar-refractivity contribution is -0.137. The number of methoxy groups -OCH3 is 1. The highest BCUT2D eigenvalue weighted by atomic mass is 32.2. The summed E-state index contributed by atoms with van der Waals surface area (Å²) in [7, 11) is -2.73. The number of halogens is 1. The topological polar surface area (TPSA) is 83.9 Å². The Kier molecular flexibility index (Phi) is 5.76. The normalized spacial score (nSPS) is 11.5. The Bertz CT molecular complexity index is 865. The van der Waals surface area contributed by atoms with Gasteiger partial charge in [-0.1, -0.05) is 23.8 Å². The van der Waals surface area contributed by atoms with Crippen LogP contribution in [0.4, 0.5) is 4.39 Å². The molecule has 134 valence electrons. The molecule has 0 heterocycles. The largest absolute Gasteiger partial charge is 0.494 e. The van der Waals surface area contributed by atoms with Gasteiger partial charge in [-0.2, -0.15) is 4.31 Å². The van der Waals surface area contributed by atoms with E-state index in [1.54, 1.807) is 12.1 Å². The number of carbonyl (C=O) groups is 1. The highest BCUT2D eigenvalue weighted by molar-refractivity contribution is 7.89. The monoisotopic (exact) mass is 367 g/mol. The summed E-state index contributed by atoms with van der Waals surface area (Å²) in [6, 6.07) is 9.98. The smallest absolute Gasteiger partial charge is 0.318 e. The van der Waals surface area contributed by atoms with E-state index in [2.05, 4.69) is 0 Å². The maximum atomic E-state index is 13.5.